The van der Waals surface area contributed by atoms with Crippen LogP contribution in [0.5, 0.6) is 0 Å². The van der Waals surface area contributed by atoms with Crippen LogP contribution in [0.15, 0.2) is 0 Å². The third-order valence-corrected chi connectivity index (χ3v) is 0. The molecule has 0 bridgehead atoms. The number of hydrogen-bond donors (Lipinski definition) is 0. The standard InChI is InChI=1S/2BHN.Rh/c2*1-2;/h2*1H;/q2*-1;+2/i2*1D;. The van der Waals surface area contributed by atoms with Gasteiger partial charge in [-0.05, 0) is 0 Å². The normalized spacial score (nSPS) is 4.00. The Morgan fingerprint density at radius 2 is 1.40 bits per heavy atom. The fourth-order valence-electron chi connectivity index (χ4n) is 0. The molecule has 0 fully saturated rings. The minimum absolute atomic E-state index is 0. The molecule has 0 aromatic heterocycles. The van der Waals surface area contributed by atoms with Crippen LogP contribution in [0.3, 0.4) is 0 Å². The van der Waals surface area contributed by atoms with Gasteiger partial charge in [0.05, 0.1) is 0 Å². The summed E-state index contributed by atoms with van der Waals surface area (Å²) in [6.07, 6.45) is 0. The molecule has 5 heavy (non-hydrogen) atoms. The van der Waals surface area contributed by atoms with Crippen LogP contribution in [-0.4, -0.2) is 17.9 Å². The minimum Gasteiger partial charge on any atom is 2.00 e. The molecule has 0 unspecified atom stereocenters. The van der Waals surface area contributed by atoms with Gasteiger partial charge in [0, 0.05) is 0 Å². The summed E-state index contributed by atoms with van der Waals surface area (Å²) in [5, 5.41) is 14.2. The van der Waals surface area contributed by atoms with Crippen molar-refractivity contribution in [2.75, 3.05) is 0 Å². The van der Waals surface area contributed by atoms with Gasteiger partial charge in [-0.3, -0.25) is 0 Å². The zero-order valence-electron chi connectivity index (χ0n) is 4.38. The first-order chi connectivity index (χ1) is 2.83. The van der Waals surface area contributed by atoms with Gasteiger partial charge in [0.2, 0.25) is 0 Å². The molecule has 0 N–H and O–H groups in total. The van der Waals surface area contributed by atoms with E-state index in [9.17, 15) is 0 Å². The van der Waals surface area contributed by atoms with Gasteiger partial charge in [-0.25, -0.2) is 0 Å². The fourth-order valence-corrected chi connectivity index (χ4v) is 0. The van der Waals surface area contributed by atoms with Crippen molar-refractivity contribution in [3.05, 3.63) is 10.6 Å². The monoisotopic (exact) mass is 157 g/mol. The predicted molar refractivity (Wildman–Crippen MR) is 21.0 cm³/mol. The van der Waals surface area contributed by atoms with Gasteiger partial charge in [0.1, 0.15) is 0 Å². The van der Waals surface area contributed by atoms with Gasteiger partial charge in [-0.1, -0.05) is 0 Å². The van der Waals surface area contributed by atoms with E-state index in [1.807, 2.05) is 0 Å². The Morgan fingerprint density at radius 3 is 1.40 bits per heavy atom. The van der Waals surface area contributed by atoms with Crippen LogP contribution in [-0.2, 0) is 19.5 Å². The van der Waals surface area contributed by atoms with Crippen molar-refractivity contribution in [2.24, 2.45) is 0 Å². The second kappa shape index (κ2) is 392. The summed E-state index contributed by atoms with van der Waals surface area (Å²) < 4.78 is 11.3. The second-order valence-corrected chi connectivity index (χ2v) is 0. The zero-order chi connectivity index (χ0) is 5.41. The van der Waals surface area contributed by atoms with E-state index in [0.29, 0.717) is 0 Å². The maximum atomic E-state index is 7.11. The molecule has 27 valence electrons. The van der Waals surface area contributed by atoms with Crippen LogP contribution in [0, 0.1) is 0 Å². The van der Waals surface area contributed by atoms with Gasteiger partial charge >= 0.3 is 48.0 Å². The first-order valence-corrected chi connectivity index (χ1v) is 0.516. The smallest absolute Gasteiger partial charge is 2.00 e. The summed E-state index contributed by atoms with van der Waals surface area (Å²) in [7, 11) is 0.500. The maximum Gasteiger partial charge on any atom is 2.00 e. The average molecular weight is 157 g/mol. The molecule has 0 saturated carbocycles. The predicted octanol–water partition coefficient (Wildman–Crippen LogP) is -0.722. The van der Waals surface area contributed by atoms with Crippen LogP contribution < -0.4 is 0 Å². The van der Waals surface area contributed by atoms with E-state index in [-0.39, 0.29) is 34.7 Å². The minimum atomic E-state index is 0. The third-order valence-electron chi connectivity index (χ3n) is 0. The SMILES string of the molecule is [2H]B=[N-].[2H]B=[N-].[Rh+2]. The fraction of sp³-hybridized carbons (Fsp3) is 0. The van der Waals surface area contributed by atoms with E-state index in [2.05, 4.69) is 0 Å². The molecular formula is H2B2N2Rh. The zero-order valence-corrected chi connectivity index (χ0v) is 4.02. The summed E-state index contributed by atoms with van der Waals surface area (Å²) >= 11 is 0. The topological polar surface area (TPSA) is 44.6 Å². The van der Waals surface area contributed by atoms with Crippen LogP contribution in [0.2, 0.25) is 0 Å². The molecule has 2 nitrogen and oxygen atoms in total. The van der Waals surface area contributed by atoms with Crippen molar-refractivity contribution in [2.45, 2.75) is 0 Å². The Hall–Kier alpha value is 0.353. The molecular weight excluding hydrogens is 153 g/mol. The number of nitrogens with zero attached hydrogens (tertiary/aromatic N) is 2. The molecule has 0 aliphatic heterocycles. The van der Waals surface area contributed by atoms with Crippen molar-refractivity contribution in [3.8, 4) is 0 Å². The van der Waals surface area contributed by atoms with Crippen LogP contribution >= 0.6 is 0 Å². The molecule has 0 atom stereocenters. The average Bonchev–Trinajstić information content (AvgIpc) is 1.39. The summed E-state index contributed by atoms with van der Waals surface area (Å²) in [6.45, 7) is 0. The Labute approximate surface area is 48.7 Å². The molecule has 0 aromatic carbocycles. The van der Waals surface area contributed by atoms with E-state index in [4.69, 9.17) is 13.3 Å². The van der Waals surface area contributed by atoms with E-state index in [1.54, 1.807) is 0 Å². The third kappa shape index (κ3) is 193. The van der Waals surface area contributed by atoms with E-state index in [0.717, 1.165) is 0 Å². The largest absolute Gasteiger partial charge is 2.00 e. The van der Waals surface area contributed by atoms with Gasteiger partial charge in [0.25, 0.3) is 0 Å². The van der Waals surface area contributed by atoms with E-state index >= 15 is 0 Å². The van der Waals surface area contributed by atoms with Crippen LogP contribution in [0.1, 0.15) is 0 Å². The molecule has 0 spiro atoms. The number of hydrogen-bond acceptors (Lipinski definition) is 0. The maximum absolute atomic E-state index is 7.11. The molecule has 0 rings (SSSR count). The molecule has 5 heteroatoms. The van der Waals surface area contributed by atoms with Gasteiger partial charge < -0.3 is 0 Å². The Bertz CT molecular complexity index is 34.7. The Morgan fingerprint density at radius 1 is 1.40 bits per heavy atom. The second-order valence-electron chi connectivity index (χ2n) is 0. The molecule has 0 saturated heterocycles. The van der Waals surface area contributed by atoms with Gasteiger partial charge in [-0.15, -0.1) is 0 Å². The van der Waals surface area contributed by atoms with Crippen molar-refractivity contribution in [1.82, 2.24) is 0 Å². The Kier molecular flexibility index (Phi) is 420. The first kappa shape index (κ1) is 5.35. The van der Waals surface area contributed by atoms with Crippen molar-refractivity contribution in [3.63, 3.8) is 0 Å². The summed E-state index contributed by atoms with van der Waals surface area (Å²) in [5.41, 5.74) is 0. The molecule has 0 heterocycles. The van der Waals surface area contributed by atoms with Crippen molar-refractivity contribution >= 4 is 15.2 Å². The first-order valence-electron chi connectivity index (χ1n) is 1.67. The van der Waals surface area contributed by atoms with Crippen molar-refractivity contribution < 1.29 is 19.5 Å². The van der Waals surface area contributed by atoms with Crippen LogP contribution in [0.25, 0.3) is 10.6 Å². The molecule has 0 amide bonds. The summed E-state index contributed by atoms with van der Waals surface area (Å²) in [4.78, 5) is 0. The molecule has 1 radical (unpaired) electrons. The Balaban J connectivity index is -0.0000000400. The quantitative estimate of drug-likeness (QED) is 0.416. The molecule has 0 aromatic rings. The van der Waals surface area contributed by atoms with Crippen LogP contribution in [0.4, 0.5) is 0 Å². The summed E-state index contributed by atoms with van der Waals surface area (Å²) in [5.74, 6) is 0. The van der Waals surface area contributed by atoms with Gasteiger partial charge in [0.15, 0.2) is 0 Å². The summed E-state index contributed by atoms with van der Waals surface area (Å²) in [6, 6.07) is 0. The van der Waals surface area contributed by atoms with E-state index in [1.165, 1.54) is 0 Å². The molecule has 0 aliphatic rings. The van der Waals surface area contributed by atoms with Gasteiger partial charge in [-0.2, -0.15) is 0 Å². The molecule has 0 aliphatic carbocycles. The van der Waals surface area contributed by atoms with E-state index < -0.39 is 0 Å². The number of rotatable bonds is 0. The van der Waals surface area contributed by atoms with Crippen molar-refractivity contribution in [1.29, 1.82) is 2.67 Å².